The van der Waals surface area contributed by atoms with E-state index in [9.17, 15) is 4.79 Å². The Hall–Kier alpha value is -1.33. The number of likely N-dealkylation sites (tertiary alicyclic amines) is 1. The molecule has 1 aliphatic heterocycles. The van der Waals surface area contributed by atoms with Crippen LogP contribution in [0.1, 0.15) is 35.9 Å². The molecule has 1 aliphatic rings. The van der Waals surface area contributed by atoms with Crippen molar-refractivity contribution in [3.05, 3.63) is 23.7 Å². The van der Waals surface area contributed by atoms with Gasteiger partial charge in [-0.25, -0.2) is 4.79 Å². The van der Waals surface area contributed by atoms with Gasteiger partial charge in [0, 0.05) is 0 Å². The molecule has 5 nitrogen and oxygen atoms in total. The number of piperidine rings is 1. The molecule has 1 fully saturated rings. The molecule has 0 aromatic carbocycles. The molecule has 0 unspecified atom stereocenters. The Labute approximate surface area is 120 Å². The number of rotatable bonds is 6. The average molecular weight is 280 g/mol. The molecule has 0 amide bonds. The van der Waals surface area contributed by atoms with Gasteiger partial charge in [-0.05, 0) is 58.4 Å². The minimum absolute atomic E-state index is 0.290. The van der Waals surface area contributed by atoms with Crippen molar-refractivity contribution in [2.75, 3.05) is 33.3 Å². The van der Waals surface area contributed by atoms with Crippen molar-refractivity contribution in [3.8, 4) is 0 Å². The monoisotopic (exact) mass is 280 g/mol. The summed E-state index contributed by atoms with van der Waals surface area (Å²) in [7, 11) is 2.00. The molecule has 1 saturated heterocycles. The first-order valence-corrected chi connectivity index (χ1v) is 7.35. The molecule has 2 heterocycles. The van der Waals surface area contributed by atoms with Crippen LogP contribution in [0.25, 0.3) is 0 Å². The van der Waals surface area contributed by atoms with Gasteiger partial charge in [0.2, 0.25) is 0 Å². The van der Waals surface area contributed by atoms with Gasteiger partial charge in [-0.15, -0.1) is 0 Å². The molecular formula is C15H24N2O3. The topological polar surface area (TPSA) is 54.7 Å². The second kappa shape index (κ2) is 7.45. The lowest BCUT2D eigenvalue weighted by molar-refractivity contribution is 0.0521. The van der Waals surface area contributed by atoms with Gasteiger partial charge in [0.15, 0.2) is 0 Å². The number of carbonyl (C=O) groups is 1. The third-order valence-corrected chi connectivity index (χ3v) is 3.81. The smallest absolute Gasteiger partial charge is 0.341 e. The van der Waals surface area contributed by atoms with Crippen LogP contribution in [-0.4, -0.2) is 44.2 Å². The van der Waals surface area contributed by atoms with E-state index in [0.717, 1.165) is 31.3 Å². The number of ether oxygens (including phenoxy) is 1. The van der Waals surface area contributed by atoms with Crippen molar-refractivity contribution in [2.24, 2.45) is 5.92 Å². The number of furan rings is 1. The van der Waals surface area contributed by atoms with Crippen LogP contribution in [0.2, 0.25) is 0 Å². The van der Waals surface area contributed by atoms with Crippen molar-refractivity contribution in [3.63, 3.8) is 0 Å². The third kappa shape index (κ3) is 3.84. The lowest BCUT2D eigenvalue weighted by Gasteiger charge is -2.31. The predicted octanol–water partition coefficient (Wildman–Crippen LogP) is 1.89. The summed E-state index contributed by atoms with van der Waals surface area (Å²) >= 11 is 0. The van der Waals surface area contributed by atoms with Crippen LogP contribution in [0, 0.1) is 5.92 Å². The van der Waals surface area contributed by atoms with E-state index in [4.69, 9.17) is 9.15 Å². The minimum atomic E-state index is -0.290. The van der Waals surface area contributed by atoms with Crippen molar-refractivity contribution in [1.29, 1.82) is 0 Å². The van der Waals surface area contributed by atoms with E-state index in [1.165, 1.54) is 12.8 Å². The van der Waals surface area contributed by atoms with Crippen LogP contribution in [-0.2, 0) is 11.3 Å². The lowest BCUT2D eigenvalue weighted by atomic mass is 9.97. The summed E-state index contributed by atoms with van der Waals surface area (Å²) < 4.78 is 10.5. The fourth-order valence-corrected chi connectivity index (χ4v) is 2.69. The summed E-state index contributed by atoms with van der Waals surface area (Å²) in [6, 6.07) is 1.70. The first-order valence-electron chi connectivity index (χ1n) is 7.35. The molecule has 0 spiro atoms. The number of esters is 1. The second-order valence-electron chi connectivity index (χ2n) is 5.26. The molecule has 1 aromatic rings. The number of nitrogens with one attached hydrogen (secondary N) is 1. The van der Waals surface area contributed by atoms with E-state index in [1.54, 1.807) is 12.3 Å². The summed E-state index contributed by atoms with van der Waals surface area (Å²) in [6.07, 6.45) is 3.95. The van der Waals surface area contributed by atoms with Crippen molar-refractivity contribution < 1.29 is 13.9 Å². The van der Waals surface area contributed by atoms with Gasteiger partial charge < -0.3 is 14.5 Å². The van der Waals surface area contributed by atoms with Gasteiger partial charge in [0.25, 0.3) is 0 Å². The standard InChI is InChI=1S/C15H24N2O3/c1-3-19-15(18)13-6-9-20-14(13)11-17-7-4-12(5-8-17)10-16-2/h6,9,12,16H,3-5,7-8,10-11H2,1-2H3. The van der Waals surface area contributed by atoms with E-state index in [2.05, 4.69) is 10.2 Å². The Bertz CT molecular complexity index is 423. The Balaban J connectivity index is 1.88. The van der Waals surface area contributed by atoms with Crippen molar-refractivity contribution >= 4 is 5.97 Å². The van der Waals surface area contributed by atoms with Gasteiger partial charge in [0.1, 0.15) is 11.3 Å². The summed E-state index contributed by atoms with van der Waals surface area (Å²) in [4.78, 5) is 14.1. The zero-order valence-electron chi connectivity index (χ0n) is 12.4. The van der Waals surface area contributed by atoms with Crippen LogP contribution in [0.4, 0.5) is 0 Å². The van der Waals surface area contributed by atoms with Gasteiger partial charge in [0.05, 0.1) is 19.4 Å². The third-order valence-electron chi connectivity index (χ3n) is 3.81. The number of hydrogen-bond acceptors (Lipinski definition) is 5. The van der Waals surface area contributed by atoms with E-state index in [1.807, 2.05) is 14.0 Å². The van der Waals surface area contributed by atoms with Crippen LogP contribution < -0.4 is 5.32 Å². The molecule has 1 aromatic heterocycles. The molecule has 112 valence electrons. The second-order valence-corrected chi connectivity index (χ2v) is 5.26. The normalized spacial score (nSPS) is 17.3. The first kappa shape index (κ1) is 15.1. The van der Waals surface area contributed by atoms with Gasteiger partial charge in [-0.2, -0.15) is 0 Å². The zero-order chi connectivity index (χ0) is 14.4. The fourth-order valence-electron chi connectivity index (χ4n) is 2.69. The Morgan fingerprint density at radius 1 is 1.50 bits per heavy atom. The van der Waals surface area contributed by atoms with Crippen LogP contribution >= 0.6 is 0 Å². The molecular weight excluding hydrogens is 256 g/mol. The number of nitrogens with zero attached hydrogens (tertiary/aromatic N) is 1. The summed E-state index contributed by atoms with van der Waals surface area (Å²) in [5, 5.41) is 3.24. The van der Waals surface area contributed by atoms with E-state index < -0.39 is 0 Å². The minimum Gasteiger partial charge on any atom is -0.467 e. The van der Waals surface area contributed by atoms with E-state index in [-0.39, 0.29) is 5.97 Å². The summed E-state index contributed by atoms with van der Waals surface area (Å²) in [5.74, 6) is 1.19. The number of carbonyl (C=O) groups excluding carboxylic acids is 1. The molecule has 5 heteroatoms. The van der Waals surface area contributed by atoms with Gasteiger partial charge in [-0.1, -0.05) is 0 Å². The van der Waals surface area contributed by atoms with Crippen LogP contribution in [0.15, 0.2) is 16.7 Å². The molecule has 0 atom stereocenters. The summed E-state index contributed by atoms with van der Waals surface area (Å²) in [6.45, 7) is 6.07. The van der Waals surface area contributed by atoms with Crippen LogP contribution in [0.5, 0.6) is 0 Å². The average Bonchev–Trinajstić information content (AvgIpc) is 2.90. The maximum atomic E-state index is 11.8. The van der Waals surface area contributed by atoms with E-state index >= 15 is 0 Å². The Morgan fingerprint density at radius 2 is 2.25 bits per heavy atom. The molecule has 0 saturated carbocycles. The molecule has 0 aliphatic carbocycles. The Kier molecular flexibility index (Phi) is 5.61. The highest BCUT2D eigenvalue weighted by Gasteiger charge is 2.22. The van der Waals surface area contributed by atoms with Gasteiger partial charge in [-0.3, -0.25) is 4.90 Å². The molecule has 20 heavy (non-hydrogen) atoms. The highest BCUT2D eigenvalue weighted by atomic mass is 16.5. The predicted molar refractivity (Wildman–Crippen MR) is 76.6 cm³/mol. The Morgan fingerprint density at radius 3 is 2.90 bits per heavy atom. The van der Waals surface area contributed by atoms with Gasteiger partial charge >= 0.3 is 5.97 Å². The highest BCUT2D eigenvalue weighted by molar-refractivity contribution is 5.90. The molecule has 2 rings (SSSR count). The summed E-state index contributed by atoms with van der Waals surface area (Å²) in [5.41, 5.74) is 0.559. The maximum Gasteiger partial charge on any atom is 0.341 e. The zero-order valence-corrected chi connectivity index (χ0v) is 12.4. The van der Waals surface area contributed by atoms with E-state index in [0.29, 0.717) is 18.7 Å². The molecule has 0 bridgehead atoms. The molecule has 0 radical (unpaired) electrons. The highest BCUT2D eigenvalue weighted by Crippen LogP contribution is 2.20. The van der Waals surface area contributed by atoms with Crippen molar-refractivity contribution in [2.45, 2.75) is 26.3 Å². The molecule has 1 N–H and O–H groups in total. The maximum absolute atomic E-state index is 11.8. The largest absolute Gasteiger partial charge is 0.467 e. The SMILES string of the molecule is CCOC(=O)c1ccoc1CN1CCC(CNC)CC1. The lowest BCUT2D eigenvalue weighted by Crippen LogP contribution is -2.36. The fraction of sp³-hybridized carbons (Fsp3) is 0.667. The quantitative estimate of drug-likeness (QED) is 0.806. The van der Waals surface area contributed by atoms with Crippen LogP contribution in [0.3, 0.4) is 0 Å². The van der Waals surface area contributed by atoms with Crippen molar-refractivity contribution in [1.82, 2.24) is 10.2 Å². The first-order chi connectivity index (χ1) is 9.74. The number of hydrogen-bond donors (Lipinski definition) is 1.